The third-order valence-corrected chi connectivity index (χ3v) is 2.32. The Hall–Kier alpha value is -0.370. The lowest BCUT2D eigenvalue weighted by molar-refractivity contribution is -0.118. The monoisotopic (exact) mass is 185 g/mol. The van der Waals surface area contributed by atoms with E-state index in [1.807, 2.05) is 0 Å². The molecule has 0 amide bonds. The molecule has 0 aliphatic carbocycles. The van der Waals surface area contributed by atoms with E-state index in [-0.39, 0.29) is 0 Å². The maximum Gasteiger partial charge on any atom is 0.146 e. The zero-order valence-corrected chi connectivity index (χ0v) is 9.23. The zero-order valence-electron chi connectivity index (χ0n) is 9.23. The van der Waals surface area contributed by atoms with Crippen LogP contribution in [0.5, 0.6) is 0 Å². The van der Waals surface area contributed by atoms with Gasteiger partial charge in [-0.05, 0) is 19.8 Å². The van der Waals surface area contributed by atoms with Gasteiger partial charge in [0.25, 0.3) is 0 Å². The van der Waals surface area contributed by atoms with Crippen molar-refractivity contribution in [2.45, 2.75) is 58.9 Å². The number of hydrogen-bond acceptors (Lipinski definition) is 2. The van der Waals surface area contributed by atoms with Crippen LogP contribution in [0.15, 0.2) is 0 Å². The van der Waals surface area contributed by atoms with Gasteiger partial charge in [0.05, 0.1) is 6.54 Å². The van der Waals surface area contributed by atoms with Crippen molar-refractivity contribution in [2.75, 3.05) is 6.54 Å². The van der Waals surface area contributed by atoms with E-state index in [1.165, 1.54) is 12.8 Å². The first kappa shape index (κ1) is 12.6. The first-order valence-electron chi connectivity index (χ1n) is 5.45. The Labute approximate surface area is 82.1 Å². The first-order chi connectivity index (χ1) is 6.20. The van der Waals surface area contributed by atoms with Crippen LogP contribution in [0, 0.1) is 0 Å². The highest BCUT2D eigenvalue weighted by Crippen LogP contribution is 1.99. The van der Waals surface area contributed by atoms with Crippen LogP contribution in [-0.4, -0.2) is 18.4 Å². The minimum Gasteiger partial charge on any atom is -0.308 e. The summed E-state index contributed by atoms with van der Waals surface area (Å²) >= 11 is 0. The molecule has 0 saturated carbocycles. The molecule has 78 valence electrons. The van der Waals surface area contributed by atoms with Crippen molar-refractivity contribution < 1.29 is 4.79 Å². The van der Waals surface area contributed by atoms with Crippen LogP contribution in [0.4, 0.5) is 0 Å². The number of hydrogen-bond donors (Lipinski definition) is 1. The molecule has 1 unspecified atom stereocenters. The molecule has 1 atom stereocenters. The lowest BCUT2D eigenvalue weighted by Gasteiger charge is -2.09. The van der Waals surface area contributed by atoms with E-state index >= 15 is 0 Å². The van der Waals surface area contributed by atoms with E-state index in [1.54, 1.807) is 0 Å². The maximum absolute atomic E-state index is 11.3. The average Bonchev–Trinajstić information content (AvgIpc) is 2.14. The van der Waals surface area contributed by atoms with Gasteiger partial charge in [-0.2, -0.15) is 0 Å². The molecule has 0 rings (SSSR count). The largest absolute Gasteiger partial charge is 0.308 e. The molecule has 2 nitrogen and oxygen atoms in total. The molecular formula is C11H23NO. The predicted octanol–water partition coefficient (Wildman–Crippen LogP) is 2.52. The minimum atomic E-state index is 0.355. The topological polar surface area (TPSA) is 29.1 Å². The Kier molecular flexibility index (Phi) is 8.00. The number of carbonyl (C=O) groups excluding carboxylic acids is 1. The van der Waals surface area contributed by atoms with Crippen LogP contribution in [0.2, 0.25) is 0 Å². The van der Waals surface area contributed by atoms with Gasteiger partial charge < -0.3 is 5.32 Å². The summed E-state index contributed by atoms with van der Waals surface area (Å²) in [6, 6.07) is 0.468. The van der Waals surface area contributed by atoms with Gasteiger partial charge >= 0.3 is 0 Å². The smallest absolute Gasteiger partial charge is 0.146 e. The van der Waals surface area contributed by atoms with E-state index in [9.17, 15) is 4.79 Å². The SMILES string of the molecule is CCCCCC(=O)CNC(C)CC. The molecular weight excluding hydrogens is 162 g/mol. The Morgan fingerprint density at radius 1 is 1.31 bits per heavy atom. The van der Waals surface area contributed by atoms with E-state index in [0.717, 1.165) is 19.3 Å². The van der Waals surface area contributed by atoms with Crippen molar-refractivity contribution in [3.05, 3.63) is 0 Å². The van der Waals surface area contributed by atoms with Crippen molar-refractivity contribution in [1.29, 1.82) is 0 Å². The van der Waals surface area contributed by atoms with E-state index < -0.39 is 0 Å². The van der Waals surface area contributed by atoms with Crippen LogP contribution in [0.25, 0.3) is 0 Å². The third kappa shape index (κ3) is 7.97. The highest BCUT2D eigenvalue weighted by molar-refractivity contribution is 5.80. The summed E-state index contributed by atoms with van der Waals surface area (Å²) < 4.78 is 0. The maximum atomic E-state index is 11.3. The predicted molar refractivity (Wildman–Crippen MR) is 56.9 cm³/mol. The second-order valence-corrected chi connectivity index (χ2v) is 3.69. The second kappa shape index (κ2) is 8.24. The molecule has 0 radical (unpaired) electrons. The molecule has 0 aromatic rings. The Morgan fingerprint density at radius 3 is 2.54 bits per heavy atom. The summed E-state index contributed by atoms with van der Waals surface area (Å²) in [7, 11) is 0. The van der Waals surface area contributed by atoms with Gasteiger partial charge in [0.1, 0.15) is 5.78 Å². The van der Waals surface area contributed by atoms with Crippen LogP contribution < -0.4 is 5.32 Å². The fourth-order valence-corrected chi connectivity index (χ4v) is 1.09. The van der Waals surface area contributed by atoms with Crippen molar-refractivity contribution in [2.24, 2.45) is 0 Å². The molecule has 13 heavy (non-hydrogen) atoms. The average molecular weight is 185 g/mol. The van der Waals surface area contributed by atoms with Gasteiger partial charge in [-0.25, -0.2) is 0 Å². The highest BCUT2D eigenvalue weighted by atomic mass is 16.1. The molecule has 0 spiro atoms. The summed E-state index contributed by atoms with van der Waals surface area (Å²) in [6.45, 7) is 6.94. The number of carbonyl (C=O) groups is 1. The van der Waals surface area contributed by atoms with Crippen molar-refractivity contribution >= 4 is 5.78 Å². The summed E-state index contributed by atoms with van der Waals surface area (Å²) in [5, 5.41) is 3.21. The highest BCUT2D eigenvalue weighted by Gasteiger charge is 2.03. The number of Topliss-reactive ketones (excluding diaryl/α,β-unsaturated/α-hetero) is 1. The van der Waals surface area contributed by atoms with Crippen molar-refractivity contribution in [1.82, 2.24) is 5.32 Å². The fraction of sp³-hybridized carbons (Fsp3) is 0.909. The Balaban J connectivity index is 3.30. The van der Waals surface area contributed by atoms with Gasteiger partial charge in [0.2, 0.25) is 0 Å². The number of ketones is 1. The first-order valence-corrected chi connectivity index (χ1v) is 5.45. The van der Waals surface area contributed by atoms with Crippen LogP contribution in [0.3, 0.4) is 0 Å². The summed E-state index contributed by atoms with van der Waals surface area (Å²) in [4.78, 5) is 11.3. The van der Waals surface area contributed by atoms with Crippen molar-refractivity contribution in [3.63, 3.8) is 0 Å². The van der Waals surface area contributed by atoms with Gasteiger partial charge in [0.15, 0.2) is 0 Å². The quantitative estimate of drug-likeness (QED) is 0.589. The lowest BCUT2D eigenvalue weighted by Crippen LogP contribution is -2.30. The van der Waals surface area contributed by atoms with Gasteiger partial charge in [-0.15, -0.1) is 0 Å². The summed E-state index contributed by atoms with van der Waals surface area (Å²) in [6.07, 6.45) is 5.25. The van der Waals surface area contributed by atoms with E-state index in [4.69, 9.17) is 0 Å². The molecule has 0 bridgehead atoms. The standard InChI is InChI=1S/C11H23NO/c1-4-6-7-8-11(13)9-12-10(3)5-2/h10,12H,4-9H2,1-3H3. The molecule has 2 heteroatoms. The molecule has 0 aromatic heterocycles. The Bertz CT molecular complexity index is 134. The fourth-order valence-electron chi connectivity index (χ4n) is 1.09. The molecule has 0 fully saturated rings. The normalized spacial score (nSPS) is 12.8. The van der Waals surface area contributed by atoms with Crippen molar-refractivity contribution in [3.8, 4) is 0 Å². The third-order valence-electron chi connectivity index (χ3n) is 2.32. The van der Waals surface area contributed by atoms with E-state index in [2.05, 4.69) is 26.1 Å². The minimum absolute atomic E-state index is 0.355. The van der Waals surface area contributed by atoms with Crippen LogP contribution >= 0.6 is 0 Å². The summed E-state index contributed by atoms with van der Waals surface area (Å²) in [5.41, 5.74) is 0. The van der Waals surface area contributed by atoms with E-state index in [0.29, 0.717) is 18.4 Å². The summed E-state index contributed by atoms with van der Waals surface area (Å²) in [5.74, 6) is 0.355. The number of unbranched alkanes of at least 4 members (excludes halogenated alkanes) is 2. The van der Waals surface area contributed by atoms with Gasteiger partial charge in [-0.3, -0.25) is 4.79 Å². The molecule has 0 aliphatic heterocycles. The number of nitrogens with one attached hydrogen (secondary N) is 1. The zero-order chi connectivity index (χ0) is 10.1. The molecule has 0 aromatic carbocycles. The van der Waals surface area contributed by atoms with Crippen LogP contribution in [0.1, 0.15) is 52.9 Å². The second-order valence-electron chi connectivity index (χ2n) is 3.69. The molecule has 0 heterocycles. The molecule has 0 aliphatic rings. The van der Waals surface area contributed by atoms with Gasteiger partial charge in [-0.1, -0.05) is 26.7 Å². The number of rotatable bonds is 8. The van der Waals surface area contributed by atoms with Gasteiger partial charge in [0, 0.05) is 12.5 Å². The molecule has 0 saturated heterocycles. The molecule has 1 N–H and O–H groups in total. The Morgan fingerprint density at radius 2 is 2.00 bits per heavy atom. The van der Waals surface area contributed by atoms with Crippen LogP contribution in [-0.2, 0) is 4.79 Å². The lowest BCUT2D eigenvalue weighted by atomic mass is 10.1.